The third-order valence-corrected chi connectivity index (χ3v) is 3.48. The summed E-state index contributed by atoms with van der Waals surface area (Å²) in [6, 6.07) is -1.54. The number of aliphatic carboxylic acids is 1. The van der Waals surface area contributed by atoms with E-state index in [9.17, 15) is 34.8 Å². The van der Waals surface area contributed by atoms with E-state index in [2.05, 4.69) is 5.32 Å². The van der Waals surface area contributed by atoms with E-state index in [1.807, 2.05) is 0 Å². The van der Waals surface area contributed by atoms with E-state index < -0.39 is 67.1 Å². The Labute approximate surface area is 175 Å². The Balaban J connectivity index is 0.00000676. The number of nitrogens with one attached hydrogen (secondary N) is 1. The molecule has 27 heavy (non-hydrogen) atoms. The van der Waals surface area contributed by atoms with E-state index in [4.69, 9.17) is 19.7 Å². The minimum Gasteiger partial charge on any atom is -0.475 e. The van der Waals surface area contributed by atoms with Crippen molar-refractivity contribution in [2.45, 2.75) is 49.8 Å². The van der Waals surface area contributed by atoms with Crippen LogP contribution in [-0.4, -0.2) is 128 Å². The van der Waals surface area contributed by atoms with Gasteiger partial charge in [0, 0.05) is 36.5 Å². The first kappa shape index (κ1) is 25.9. The van der Waals surface area contributed by atoms with Crippen LogP contribution >= 0.6 is 0 Å². The number of ether oxygens (including phenoxy) is 2. The standard InChI is InChI=1S/C14H21NO11.Na/c1-5(18)15-6(3-16)10(21)12(8(20)4-17)26-14-11(22)7(19)2-9(25-14)13(23)24;/h2-3,6-8,10-12,14,17,19-22H,4H2,1H3,(H,15,18)(H,23,24);. The summed E-state index contributed by atoms with van der Waals surface area (Å²) in [5, 5.41) is 59.6. The molecule has 1 radical (unpaired) electrons. The van der Waals surface area contributed by atoms with Crippen LogP contribution in [0.15, 0.2) is 11.8 Å². The number of amides is 1. The molecule has 0 aromatic heterocycles. The van der Waals surface area contributed by atoms with E-state index >= 15 is 0 Å². The van der Waals surface area contributed by atoms with Gasteiger partial charge in [0.25, 0.3) is 0 Å². The molecule has 0 spiro atoms. The Bertz CT molecular complexity index is 557. The van der Waals surface area contributed by atoms with Crippen LogP contribution in [0, 0.1) is 0 Å². The van der Waals surface area contributed by atoms with Gasteiger partial charge in [-0.15, -0.1) is 0 Å². The number of carboxylic acid groups (broad SMARTS) is 1. The number of carboxylic acids is 1. The molecule has 1 aliphatic heterocycles. The van der Waals surface area contributed by atoms with Crippen molar-refractivity contribution in [1.82, 2.24) is 5.32 Å². The molecular weight excluding hydrogens is 381 g/mol. The summed E-state index contributed by atoms with van der Waals surface area (Å²) in [6.07, 6.45) is -9.96. The van der Waals surface area contributed by atoms with Gasteiger partial charge in [0.2, 0.25) is 18.0 Å². The van der Waals surface area contributed by atoms with E-state index in [-0.39, 0.29) is 35.8 Å². The summed E-state index contributed by atoms with van der Waals surface area (Å²) >= 11 is 0. The van der Waals surface area contributed by atoms with Crippen LogP contribution < -0.4 is 5.32 Å². The number of carbonyl (C=O) groups excluding carboxylic acids is 2. The quantitative estimate of drug-likeness (QED) is 0.144. The molecule has 1 heterocycles. The topological polar surface area (TPSA) is 203 Å². The van der Waals surface area contributed by atoms with Crippen molar-refractivity contribution in [3.05, 3.63) is 11.8 Å². The summed E-state index contributed by atoms with van der Waals surface area (Å²) in [7, 11) is 0. The molecule has 7 N–H and O–H groups in total. The smallest absolute Gasteiger partial charge is 0.371 e. The molecule has 1 aliphatic rings. The maximum atomic E-state index is 11.1. The summed E-state index contributed by atoms with van der Waals surface area (Å²) in [6.45, 7) is 0.121. The minimum atomic E-state index is -1.90. The summed E-state index contributed by atoms with van der Waals surface area (Å²) < 4.78 is 9.98. The van der Waals surface area contributed by atoms with E-state index in [1.54, 1.807) is 0 Å². The summed E-state index contributed by atoms with van der Waals surface area (Å²) in [5.41, 5.74) is 0. The Morgan fingerprint density at radius 1 is 1.37 bits per heavy atom. The number of aliphatic hydroxyl groups is 5. The molecule has 0 aliphatic carbocycles. The second-order valence-corrected chi connectivity index (χ2v) is 5.51. The number of aliphatic hydroxyl groups excluding tert-OH is 5. The van der Waals surface area contributed by atoms with Gasteiger partial charge in [0.15, 0.2) is 0 Å². The zero-order chi connectivity index (χ0) is 20.0. The molecule has 12 nitrogen and oxygen atoms in total. The largest absolute Gasteiger partial charge is 0.475 e. The third-order valence-electron chi connectivity index (χ3n) is 3.48. The second-order valence-electron chi connectivity index (χ2n) is 5.51. The van der Waals surface area contributed by atoms with Crippen LogP contribution in [0.3, 0.4) is 0 Å². The van der Waals surface area contributed by atoms with Gasteiger partial charge in [-0.2, -0.15) is 0 Å². The number of hydrogen-bond acceptors (Lipinski definition) is 10. The van der Waals surface area contributed by atoms with E-state index in [1.165, 1.54) is 0 Å². The minimum absolute atomic E-state index is 0. The first-order valence-electron chi connectivity index (χ1n) is 7.45. The molecule has 0 saturated carbocycles. The van der Waals surface area contributed by atoms with Crippen LogP contribution in [0.4, 0.5) is 0 Å². The van der Waals surface area contributed by atoms with E-state index in [0.717, 1.165) is 6.92 Å². The van der Waals surface area contributed by atoms with Gasteiger partial charge in [0.1, 0.15) is 42.8 Å². The van der Waals surface area contributed by atoms with Crippen molar-refractivity contribution in [2.75, 3.05) is 6.61 Å². The van der Waals surface area contributed by atoms with Crippen molar-refractivity contribution in [3.8, 4) is 0 Å². The number of carbonyl (C=O) groups is 3. The Morgan fingerprint density at radius 2 is 1.96 bits per heavy atom. The van der Waals surface area contributed by atoms with Gasteiger partial charge in [-0.25, -0.2) is 4.79 Å². The van der Waals surface area contributed by atoms with Gasteiger partial charge in [-0.3, -0.25) is 4.79 Å². The molecule has 13 heteroatoms. The number of rotatable bonds is 9. The van der Waals surface area contributed by atoms with Crippen LogP contribution in [-0.2, 0) is 23.9 Å². The second kappa shape index (κ2) is 11.7. The Kier molecular flexibility index (Phi) is 11.2. The monoisotopic (exact) mass is 402 g/mol. The average Bonchev–Trinajstić information content (AvgIpc) is 2.59. The van der Waals surface area contributed by atoms with Crippen LogP contribution in [0.5, 0.6) is 0 Å². The molecule has 0 fully saturated rings. The van der Waals surface area contributed by atoms with Crippen LogP contribution in [0.2, 0.25) is 0 Å². The zero-order valence-electron chi connectivity index (χ0n) is 14.6. The normalized spacial score (nSPS) is 26.3. The molecule has 0 aromatic rings. The van der Waals surface area contributed by atoms with Crippen molar-refractivity contribution in [3.63, 3.8) is 0 Å². The Hall–Kier alpha value is -1.09. The molecular formula is C14H21NNaO11. The molecule has 0 aromatic carbocycles. The molecule has 0 bridgehead atoms. The maximum absolute atomic E-state index is 11.1. The van der Waals surface area contributed by atoms with Crippen molar-refractivity contribution < 1.29 is 54.5 Å². The summed E-state index contributed by atoms with van der Waals surface area (Å²) in [5.74, 6) is -3.01. The first-order valence-corrected chi connectivity index (χ1v) is 7.45. The number of aldehydes is 1. The fourth-order valence-corrected chi connectivity index (χ4v) is 2.18. The molecule has 7 unspecified atom stereocenters. The zero-order valence-corrected chi connectivity index (χ0v) is 16.6. The van der Waals surface area contributed by atoms with Gasteiger partial charge < -0.3 is 50.2 Å². The maximum Gasteiger partial charge on any atom is 0.371 e. The van der Waals surface area contributed by atoms with Gasteiger partial charge >= 0.3 is 5.97 Å². The van der Waals surface area contributed by atoms with Crippen LogP contribution in [0.25, 0.3) is 0 Å². The van der Waals surface area contributed by atoms with Crippen LogP contribution in [0.1, 0.15) is 6.92 Å². The molecule has 7 atom stereocenters. The molecule has 1 rings (SSSR count). The van der Waals surface area contributed by atoms with E-state index in [0.29, 0.717) is 6.08 Å². The molecule has 0 saturated heterocycles. The first-order chi connectivity index (χ1) is 12.1. The van der Waals surface area contributed by atoms with Crippen molar-refractivity contribution in [1.29, 1.82) is 0 Å². The molecule has 1 amide bonds. The Morgan fingerprint density at radius 3 is 2.41 bits per heavy atom. The fraction of sp³-hybridized carbons (Fsp3) is 0.643. The van der Waals surface area contributed by atoms with Gasteiger partial charge in [-0.1, -0.05) is 0 Å². The predicted octanol–water partition coefficient (Wildman–Crippen LogP) is -4.54. The molecule has 149 valence electrons. The summed E-state index contributed by atoms with van der Waals surface area (Å²) in [4.78, 5) is 33.1. The fourth-order valence-electron chi connectivity index (χ4n) is 2.18. The van der Waals surface area contributed by atoms with Gasteiger partial charge in [0.05, 0.1) is 6.61 Å². The SMILES string of the molecule is CC(=O)NC(C=O)C(O)C(OC1OC(C(=O)O)=CC(O)C1O)C(O)CO.[Na]. The predicted molar refractivity (Wildman–Crippen MR) is 86.0 cm³/mol. The average molecular weight is 402 g/mol. The van der Waals surface area contributed by atoms with Crippen molar-refractivity contribution >= 4 is 47.7 Å². The van der Waals surface area contributed by atoms with Gasteiger partial charge in [-0.05, 0) is 6.08 Å². The third kappa shape index (κ3) is 7.10. The van der Waals surface area contributed by atoms with Crippen molar-refractivity contribution in [2.24, 2.45) is 0 Å². The number of hydrogen-bond donors (Lipinski definition) is 7.